The number of methoxy groups -OCH3 is 1. The van der Waals surface area contributed by atoms with Crippen molar-refractivity contribution in [2.45, 2.75) is 69.0 Å². The van der Waals surface area contributed by atoms with Gasteiger partial charge in [-0.2, -0.15) is 0 Å². The zero-order valence-corrected chi connectivity index (χ0v) is 24.4. The van der Waals surface area contributed by atoms with E-state index < -0.39 is 77.0 Å². The molecule has 2 saturated heterocycles. The van der Waals surface area contributed by atoms with Gasteiger partial charge in [0.05, 0.1) is 67.6 Å². The second-order valence-electron chi connectivity index (χ2n) is 11.6. The van der Waals surface area contributed by atoms with E-state index >= 15 is 0 Å². The van der Waals surface area contributed by atoms with Gasteiger partial charge in [-0.3, -0.25) is 14.9 Å². The minimum Gasteiger partial charge on any atom is -0.507 e. The van der Waals surface area contributed by atoms with Crippen LogP contribution in [-0.2, 0) is 25.4 Å². The van der Waals surface area contributed by atoms with Crippen molar-refractivity contribution in [2.24, 2.45) is 0 Å². The number of phenolic OH excluding ortho intramolecular Hbond substituents is 2. The van der Waals surface area contributed by atoms with Gasteiger partial charge in [-0.05, 0) is 19.4 Å². The van der Waals surface area contributed by atoms with E-state index in [-0.39, 0.29) is 46.8 Å². The predicted octanol–water partition coefficient (Wildman–Crippen LogP) is 1.48. The van der Waals surface area contributed by atoms with Crippen molar-refractivity contribution in [2.75, 3.05) is 33.5 Å². The molecular weight excluding hydrogens is 576 g/mol. The number of rotatable bonds is 7. The van der Waals surface area contributed by atoms with E-state index in [0.29, 0.717) is 32.6 Å². The molecule has 0 saturated carbocycles. The lowest BCUT2D eigenvalue weighted by Gasteiger charge is -2.42. The zero-order valence-electron chi connectivity index (χ0n) is 24.4. The van der Waals surface area contributed by atoms with Crippen LogP contribution in [0.3, 0.4) is 0 Å². The van der Waals surface area contributed by atoms with Crippen LogP contribution in [-0.4, -0.2) is 102 Å². The third kappa shape index (κ3) is 5.08. The molecule has 0 radical (unpaired) electrons. The SMILES string of the molecule is COc1cccc2c1C(=O)c1c(O)c3c(c(O)c1C2=O)C[C@@](O)(C(=N)CO)C[C@@H]3O[C@H]1CC[C@H](O[C@@H]2COCCN2)[C@H](C)O1. The number of nitrogens with one attached hydrogen (secondary N) is 2. The maximum Gasteiger partial charge on any atom is 0.202 e. The van der Waals surface area contributed by atoms with Crippen LogP contribution in [0.1, 0.15) is 75.3 Å². The van der Waals surface area contributed by atoms with Crippen molar-refractivity contribution in [1.29, 1.82) is 5.41 Å². The van der Waals surface area contributed by atoms with Crippen molar-refractivity contribution in [1.82, 2.24) is 5.32 Å². The molecule has 236 valence electrons. The molecule has 6 rings (SSSR count). The van der Waals surface area contributed by atoms with Gasteiger partial charge in [-0.1, -0.05) is 12.1 Å². The molecule has 2 fully saturated rings. The second-order valence-corrected chi connectivity index (χ2v) is 11.6. The molecule has 2 heterocycles. The maximum absolute atomic E-state index is 13.8. The normalized spacial score (nSPS) is 29.9. The topological polar surface area (TPSA) is 197 Å². The summed E-state index contributed by atoms with van der Waals surface area (Å²) in [5.41, 5.74) is -3.31. The molecule has 6 atom stereocenters. The van der Waals surface area contributed by atoms with Crippen molar-refractivity contribution in [3.05, 3.63) is 51.6 Å². The van der Waals surface area contributed by atoms with Crippen LogP contribution >= 0.6 is 0 Å². The number of aliphatic hydroxyl groups is 2. The molecule has 0 aromatic heterocycles. The number of phenols is 2. The van der Waals surface area contributed by atoms with E-state index in [2.05, 4.69) is 5.32 Å². The lowest BCUT2D eigenvalue weighted by molar-refractivity contribution is -0.257. The maximum atomic E-state index is 13.8. The van der Waals surface area contributed by atoms with Gasteiger partial charge in [0.15, 0.2) is 12.1 Å². The Balaban J connectivity index is 1.36. The highest BCUT2D eigenvalue weighted by molar-refractivity contribution is 6.31. The van der Waals surface area contributed by atoms with Crippen LogP contribution in [0, 0.1) is 5.41 Å². The first-order chi connectivity index (χ1) is 21.1. The van der Waals surface area contributed by atoms with Gasteiger partial charge in [0.2, 0.25) is 5.78 Å². The molecule has 0 amide bonds. The molecule has 0 bridgehead atoms. The molecule has 13 nitrogen and oxygen atoms in total. The van der Waals surface area contributed by atoms with Crippen molar-refractivity contribution >= 4 is 17.3 Å². The van der Waals surface area contributed by atoms with Crippen LogP contribution < -0.4 is 10.1 Å². The molecule has 13 heteroatoms. The molecule has 4 aliphatic rings. The third-order valence-electron chi connectivity index (χ3n) is 8.92. The molecule has 0 spiro atoms. The molecule has 6 N–H and O–H groups in total. The summed E-state index contributed by atoms with van der Waals surface area (Å²) in [4.78, 5) is 27.4. The fourth-order valence-electron chi connectivity index (χ4n) is 6.64. The Morgan fingerprint density at radius 2 is 1.89 bits per heavy atom. The van der Waals surface area contributed by atoms with E-state index in [1.807, 2.05) is 6.92 Å². The Kier molecular flexibility index (Phi) is 8.22. The molecule has 0 unspecified atom stereocenters. The number of hydrogen-bond donors (Lipinski definition) is 6. The highest BCUT2D eigenvalue weighted by Gasteiger charge is 2.49. The van der Waals surface area contributed by atoms with Gasteiger partial charge in [-0.25, -0.2) is 0 Å². The second kappa shape index (κ2) is 11.8. The minimum absolute atomic E-state index is 0.00479. The standard InChI is InChI=1S/C31H36N2O11/c1-14-17(43-21-13-41-9-8-33-21)6-7-22(42-14)44-19-11-31(39,20(32)12-34)10-16-24(19)30(38)26-25(28(16)36)27(35)15-4-3-5-18(40-2)23(15)29(26)37/h3-5,14,17,19,21-22,32-34,36,38-39H,6-13H2,1-2H3/t14-,17-,19-,21+,22-,31-/m0/s1. The van der Waals surface area contributed by atoms with Crippen molar-refractivity contribution in [3.63, 3.8) is 0 Å². The molecule has 2 aliphatic carbocycles. The summed E-state index contributed by atoms with van der Waals surface area (Å²) < 4.78 is 29.3. The smallest absolute Gasteiger partial charge is 0.202 e. The van der Waals surface area contributed by atoms with E-state index in [1.165, 1.54) is 25.3 Å². The van der Waals surface area contributed by atoms with Crippen LogP contribution in [0.5, 0.6) is 17.2 Å². The van der Waals surface area contributed by atoms with Gasteiger partial charge in [0.25, 0.3) is 0 Å². The Morgan fingerprint density at radius 1 is 1.11 bits per heavy atom. The lowest BCUT2D eigenvalue weighted by atomic mass is 9.71. The van der Waals surface area contributed by atoms with E-state index in [4.69, 9.17) is 29.1 Å². The number of fused-ring (bicyclic) bond motifs is 3. The van der Waals surface area contributed by atoms with Gasteiger partial charge < -0.3 is 49.5 Å². The number of carbonyl (C=O) groups excluding carboxylic acids is 2. The average molecular weight is 613 g/mol. The monoisotopic (exact) mass is 612 g/mol. The summed E-state index contributed by atoms with van der Waals surface area (Å²) in [6.45, 7) is 2.78. The third-order valence-corrected chi connectivity index (χ3v) is 8.92. The first-order valence-corrected chi connectivity index (χ1v) is 14.6. The minimum atomic E-state index is -1.98. The Labute approximate surface area is 253 Å². The Hall–Kier alpha value is -3.43. The van der Waals surface area contributed by atoms with E-state index in [0.717, 1.165) is 0 Å². The summed E-state index contributed by atoms with van der Waals surface area (Å²) in [5.74, 6) is -2.46. The fourth-order valence-corrected chi connectivity index (χ4v) is 6.64. The first-order valence-electron chi connectivity index (χ1n) is 14.6. The van der Waals surface area contributed by atoms with Gasteiger partial charge >= 0.3 is 0 Å². The summed E-state index contributed by atoms with van der Waals surface area (Å²) in [6.07, 6.45) is -2.69. The largest absolute Gasteiger partial charge is 0.507 e. The number of aromatic hydroxyl groups is 2. The Morgan fingerprint density at radius 3 is 2.57 bits per heavy atom. The molecule has 2 aromatic rings. The number of carbonyl (C=O) groups is 2. The molecule has 2 aromatic carbocycles. The van der Waals surface area contributed by atoms with Crippen LogP contribution in [0.25, 0.3) is 0 Å². The number of hydrogen-bond acceptors (Lipinski definition) is 13. The first kappa shape index (κ1) is 30.6. The number of aliphatic hydroxyl groups excluding tert-OH is 1. The molecule has 2 aliphatic heterocycles. The summed E-state index contributed by atoms with van der Waals surface area (Å²) in [6, 6.07) is 4.48. The van der Waals surface area contributed by atoms with Crippen LogP contribution in [0.15, 0.2) is 18.2 Å². The molecular formula is C31H36N2O11. The summed E-state index contributed by atoms with van der Waals surface area (Å²) in [5, 5.41) is 56.0. The number of ether oxygens (including phenoxy) is 5. The molecule has 44 heavy (non-hydrogen) atoms. The van der Waals surface area contributed by atoms with Crippen molar-refractivity contribution in [3.8, 4) is 17.2 Å². The highest BCUT2D eigenvalue weighted by atomic mass is 16.7. The van der Waals surface area contributed by atoms with Crippen LogP contribution in [0.4, 0.5) is 0 Å². The number of ketones is 2. The lowest BCUT2D eigenvalue weighted by Crippen LogP contribution is -2.50. The summed E-state index contributed by atoms with van der Waals surface area (Å²) >= 11 is 0. The zero-order chi connectivity index (χ0) is 31.3. The van der Waals surface area contributed by atoms with Crippen LogP contribution in [0.2, 0.25) is 0 Å². The predicted molar refractivity (Wildman–Crippen MR) is 153 cm³/mol. The average Bonchev–Trinajstić information content (AvgIpc) is 3.02. The number of morpholine rings is 1. The number of benzene rings is 2. The van der Waals surface area contributed by atoms with E-state index in [1.54, 1.807) is 0 Å². The van der Waals surface area contributed by atoms with Crippen molar-refractivity contribution < 1.29 is 53.7 Å². The quantitative estimate of drug-likeness (QED) is 0.166. The Bertz CT molecular complexity index is 1500. The summed E-state index contributed by atoms with van der Waals surface area (Å²) in [7, 11) is 1.36. The van der Waals surface area contributed by atoms with Gasteiger partial charge in [0, 0.05) is 42.5 Å². The van der Waals surface area contributed by atoms with Gasteiger partial charge in [-0.15, -0.1) is 0 Å². The van der Waals surface area contributed by atoms with E-state index in [9.17, 15) is 30.0 Å². The van der Waals surface area contributed by atoms with Gasteiger partial charge in [0.1, 0.15) is 29.1 Å². The fraction of sp³-hybridized carbons (Fsp3) is 0.516. The highest BCUT2D eigenvalue weighted by Crippen LogP contribution is 2.52.